The van der Waals surface area contributed by atoms with Crippen LogP contribution in [0.15, 0.2) is 36.9 Å². The van der Waals surface area contributed by atoms with Gasteiger partial charge in [-0.1, -0.05) is 64.0 Å². The Hall–Kier alpha value is -1.57. The van der Waals surface area contributed by atoms with Gasteiger partial charge in [0.15, 0.2) is 0 Å². The molecule has 2 aliphatic rings. The lowest BCUT2D eigenvalue weighted by atomic mass is 9.69. The smallest absolute Gasteiger partial charge is 0.330 e. The molecular formula is C27H40O2. The largest absolute Gasteiger partial charge is 0.462 e. The Morgan fingerprint density at radius 2 is 1.66 bits per heavy atom. The highest BCUT2D eigenvalue weighted by Crippen LogP contribution is 2.41. The van der Waals surface area contributed by atoms with E-state index in [-0.39, 0.29) is 5.97 Å². The van der Waals surface area contributed by atoms with Gasteiger partial charge in [0.05, 0.1) is 6.61 Å². The SMILES string of the molecule is C=CC(=O)OCCc1ccc(CC2CCC(CC3CCC(C)CC3C)CC2)cc1. The number of hydrogen-bond acceptors (Lipinski definition) is 2. The van der Waals surface area contributed by atoms with E-state index in [1.54, 1.807) is 0 Å². The summed E-state index contributed by atoms with van der Waals surface area (Å²) in [5.74, 6) is 4.37. The van der Waals surface area contributed by atoms with Crippen LogP contribution in [0.25, 0.3) is 0 Å². The van der Waals surface area contributed by atoms with Crippen LogP contribution in [-0.2, 0) is 22.4 Å². The van der Waals surface area contributed by atoms with E-state index in [4.69, 9.17) is 4.74 Å². The molecule has 0 heterocycles. The molecule has 0 radical (unpaired) electrons. The van der Waals surface area contributed by atoms with Gasteiger partial charge in [-0.25, -0.2) is 4.79 Å². The average molecular weight is 397 g/mol. The molecule has 2 fully saturated rings. The van der Waals surface area contributed by atoms with Crippen molar-refractivity contribution < 1.29 is 9.53 Å². The Balaban J connectivity index is 1.37. The first-order valence-corrected chi connectivity index (χ1v) is 11.9. The minimum Gasteiger partial charge on any atom is -0.462 e. The predicted octanol–water partition coefficient (Wildman–Crippen LogP) is 6.77. The first-order valence-electron chi connectivity index (χ1n) is 11.9. The Labute approximate surface area is 178 Å². The van der Waals surface area contributed by atoms with Gasteiger partial charge >= 0.3 is 5.97 Å². The zero-order valence-corrected chi connectivity index (χ0v) is 18.6. The minimum atomic E-state index is -0.343. The second-order valence-corrected chi connectivity index (χ2v) is 9.92. The fourth-order valence-corrected chi connectivity index (χ4v) is 5.68. The number of carbonyl (C=O) groups excluding carboxylic acids is 1. The van der Waals surface area contributed by atoms with Crippen LogP contribution in [0.4, 0.5) is 0 Å². The lowest BCUT2D eigenvalue weighted by molar-refractivity contribution is -0.137. The van der Waals surface area contributed by atoms with E-state index in [2.05, 4.69) is 44.7 Å². The van der Waals surface area contributed by atoms with Crippen LogP contribution in [0, 0.1) is 29.6 Å². The van der Waals surface area contributed by atoms with Crippen LogP contribution in [0.3, 0.4) is 0 Å². The zero-order valence-electron chi connectivity index (χ0n) is 18.6. The first-order chi connectivity index (χ1) is 14.0. The number of rotatable bonds is 8. The Bertz CT molecular complexity index is 639. The second kappa shape index (κ2) is 11.0. The summed E-state index contributed by atoms with van der Waals surface area (Å²) in [6, 6.07) is 8.91. The van der Waals surface area contributed by atoms with E-state index >= 15 is 0 Å². The predicted molar refractivity (Wildman–Crippen MR) is 121 cm³/mol. The van der Waals surface area contributed by atoms with Gasteiger partial charge in [0.2, 0.25) is 0 Å². The molecule has 0 aromatic heterocycles. The highest BCUT2D eigenvalue weighted by atomic mass is 16.5. The van der Waals surface area contributed by atoms with E-state index in [9.17, 15) is 4.79 Å². The molecule has 0 amide bonds. The van der Waals surface area contributed by atoms with Gasteiger partial charge in [-0.15, -0.1) is 0 Å². The molecule has 1 aromatic carbocycles. The van der Waals surface area contributed by atoms with E-state index < -0.39 is 0 Å². The van der Waals surface area contributed by atoms with Crippen LogP contribution in [0.5, 0.6) is 0 Å². The van der Waals surface area contributed by atoms with Crippen molar-refractivity contribution in [2.24, 2.45) is 29.6 Å². The molecule has 0 spiro atoms. The van der Waals surface area contributed by atoms with Crippen molar-refractivity contribution in [3.8, 4) is 0 Å². The molecule has 2 nitrogen and oxygen atoms in total. The molecule has 29 heavy (non-hydrogen) atoms. The molecule has 0 saturated heterocycles. The van der Waals surface area contributed by atoms with Crippen molar-refractivity contribution in [1.29, 1.82) is 0 Å². The monoisotopic (exact) mass is 396 g/mol. The maximum Gasteiger partial charge on any atom is 0.330 e. The van der Waals surface area contributed by atoms with Crippen molar-refractivity contribution in [2.75, 3.05) is 6.61 Å². The second-order valence-electron chi connectivity index (χ2n) is 9.92. The molecule has 160 valence electrons. The van der Waals surface area contributed by atoms with E-state index in [1.165, 1.54) is 75.0 Å². The zero-order chi connectivity index (χ0) is 20.6. The maximum absolute atomic E-state index is 11.1. The highest BCUT2D eigenvalue weighted by molar-refractivity contribution is 5.81. The minimum absolute atomic E-state index is 0.343. The molecule has 1 aromatic rings. The maximum atomic E-state index is 11.1. The van der Waals surface area contributed by atoms with Crippen LogP contribution in [0.1, 0.15) is 76.3 Å². The van der Waals surface area contributed by atoms with Gasteiger partial charge in [0.25, 0.3) is 0 Å². The lowest BCUT2D eigenvalue weighted by Gasteiger charge is -2.37. The summed E-state index contributed by atoms with van der Waals surface area (Å²) in [4.78, 5) is 11.1. The van der Waals surface area contributed by atoms with Crippen molar-refractivity contribution in [3.05, 3.63) is 48.0 Å². The van der Waals surface area contributed by atoms with Crippen molar-refractivity contribution in [1.82, 2.24) is 0 Å². The summed E-state index contributed by atoms with van der Waals surface area (Å²) in [6.45, 7) is 8.77. The average Bonchev–Trinajstić information content (AvgIpc) is 2.72. The quantitative estimate of drug-likeness (QED) is 0.358. The van der Waals surface area contributed by atoms with Crippen LogP contribution in [-0.4, -0.2) is 12.6 Å². The van der Waals surface area contributed by atoms with Gasteiger partial charge in [-0.3, -0.25) is 0 Å². The third-order valence-electron chi connectivity index (χ3n) is 7.56. The van der Waals surface area contributed by atoms with E-state index in [0.29, 0.717) is 6.61 Å². The summed E-state index contributed by atoms with van der Waals surface area (Å²) in [5.41, 5.74) is 2.68. The summed E-state index contributed by atoms with van der Waals surface area (Å²) in [5, 5.41) is 0. The van der Waals surface area contributed by atoms with Gasteiger partial charge in [-0.05, 0) is 79.2 Å². The fraction of sp³-hybridized carbons (Fsp3) is 0.667. The first kappa shape index (κ1) is 22.1. The summed E-state index contributed by atoms with van der Waals surface area (Å²) < 4.78 is 5.07. The Morgan fingerprint density at radius 3 is 2.31 bits per heavy atom. The summed E-state index contributed by atoms with van der Waals surface area (Å²) in [7, 11) is 0. The molecule has 2 heteroatoms. The molecule has 3 rings (SSSR count). The third kappa shape index (κ3) is 7.01. The Morgan fingerprint density at radius 1 is 1.00 bits per heavy atom. The molecule has 0 N–H and O–H groups in total. The van der Waals surface area contributed by atoms with E-state index in [0.717, 1.165) is 36.0 Å². The van der Waals surface area contributed by atoms with Crippen LogP contribution < -0.4 is 0 Å². The van der Waals surface area contributed by atoms with Gasteiger partial charge < -0.3 is 4.74 Å². The lowest BCUT2D eigenvalue weighted by Crippen LogP contribution is -2.25. The molecule has 0 aliphatic heterocycles. The standard InChI is InChI=1S/C27H40O2/c1-4-27(28)29-16-15-22-6-8-23(9-7-22)18-24-10-12-25(13-11-24)19-26-14-5-20(2)17-21(26)3/h4,6-9,20-21,24-26H,1,5,10-19H2,2-3H3. The molecular weight excluding hydrogens is 356 g/mol. The number of ether oxygens (including phenoxy) is 1. The molecule has 3 atom stereocenters. The molecule has 3 unspecified atom stereocenters. The summed E-state index contributed by atoms with van der Waals surface area (Å²) in [6.07, 6.45) is 14.8. The molecule has 2 aliphatic carbocycles. The molecule has 2 saturated carbocycles. The van der Waals surface area contributed by atoms with Gasteiger partial charge in [0, 0.05) is 12.5 Å². The van der Waals surface area contributed by atoms with Crippen LogP contribution in [0.2, 0.25) is 0 Å². The Kier molecular flexibility index (Phi) is 8.39. The van der Waals surface area contributed by atoms with Crippen molar-refractivity contribution in [2.45, 2.75) is 78.1 Å². The number of benzene rings is 1. The van der Waals surface area contributed by atoms with Crippen molar-refractivity contribution >= 4 is 5.97 Å². The van der Waals surface area contributed by atoms with E-state index in [1.807, 2.05) is 0 Å². The normalized spacial score (nSPS) is 29.9. The third-order valence-corrected chi connectivity index (χ3v) is 7.56. The highest BCUT2D eigenvalue weighted by Gasteiger charge is 2.29. The number of esters is 1. The van der Waals surface area contributed by atoms with Crippen molar-refractivity contribution in [3.63, 3.8) is 0 Å². The van der Waals surface area contributed by atoms with Gasteiger partial charge in [-0.2, -0.15) is 0 Å². The molecule has 0 bridgehead atoms. The number of hydrogen-bond donors (Lipinski definition) is 0. The van der Waals surface area contributed by atoms with Gasteiger partial charge in [0.1, 0.15) is 0 Å². The topological polar surface area (TPSA) is 26.3 Å². The fourth-order valence-electron chi connectivity index (χ4n) is 5.68. The summed E-state index contributed by atoms with van der Waals surface area (Å²) >= 11 is 0. The van der Waals surface area contributed by atoms with Crippen LogP contribution >= 0.6 is 0 Å². The number of carbonyl (C=O) groups is 1.